The molecule has 2 fully saturated rings. The predicted molar refractivity (Wildman–Crippen MR) is 89.4 cm³/mol. The number of halogens is 3. The Morgan fingerprint density at radius 3 is 2.57 bits per heavy atom. The number of pyridine rings is 1. The molecule has 2 aliphatic rings. The van der Waals surface area contributed by atoms with Gasteiger partial charge in [0.1, 0.15) is 24.0 Å². The Balaban J connectivity index is 1.68. The average molecular weight is 399 g/mol. The normalized spacial score (nSPS) is 32.1. The van der Waals surface area contributed by atoms with Crippen molar-refractivity contribution in [1.82, 2.24) is 15.2 Å². The van der Waals surface area contributed by atoms with Gasteiger partial charge in [0.05, 0.1) is 11.8 Å². The van der Waals surface area contributed by atoms with Gasteiger partial charge in [-0.3, -0.25) is 5.10 Å². The van der Waals surface area contributed by atoms with E-state index in [2.05, 4.69) is 15.2 Å². The van der Waals surface area contributed by atoms with Crippen LogP contribution in [0.1, 0.15) is 38.3 Å². The molecule has 0 amide bonds. The zero-order valence-electron chi connectivity index (χ0n) is 15.4. The van der Waals surface area contributed by atoms with Crippen LogP contribution in [0.25, 0.3) is 0 Å². The largest absolute Gasteiger partial charge is 0.468 e. The number of H-pyrrole nitrogens is 1. The summed E-state index contributed by atoms with van der Waals surface area (Å²) in [6.45, 7) is 5.38. The topological polar surface area (TPSA) is 78.5 Å². The maximum absolute atomic E-state index is 13.0. The molecule has 0 saturated carbocycles. The van der Waals surface area contributed by atoms with Crippen molar-refractivity contribution in [3.8, 4) is 5.88 Å². The van der Waals surface area contributed by atoms with E-state index < -0.39 is 42.1 Å². The molecule has 7 nitrogen and oxygen atoms in total. The third-order valence-electron chi connectivity index (χ3n) is 4.69. The van der Waals surface area contributed by atoms with Gasteiger partial charge in [-0.25, -0.2) is 4.98 Å². The van der Waals surface area contributed by atoms with E-state index in [1.807, 2.05) is 6.92 Å². The summed E-state index contributed by atoms with van der Waals surface area (Å²) in [6, 6.07) is 5.21. The van der Waals surface area contributed by atoms with E-state index in [0.717, 1.165) is 6.07 Å². The van der Waals surface area contributed by atoms with Crippen LogP contribution < -0.4 is 4.74 Å². The molecular weight excluding hydrogens is 379 g/mol. The molecular formula is C18H20F3N3O4. The van der Waals surface area contributed by atoms with Crippen LogP contribution in [0.5, 0.6) is 5.88 Å². The van der Waals surface area contributed by atoms with Crippen LogP contribution in [0.4, 0.5) is 13.2 Å². The number of hydrogen-bond donors (Lipinski definition) is 1. The van der Waals surface area contributed by atoms with Gasteiger partial charge >= 0.3 is 6.18 Å². The van der Waals surface area contributed by atoms with Crippen molar-refractivity contribution in [2.45, 2.75) is 63.3 Å². The van der Waals surface area contributed by atoms with Gasteiger partial charge in [0, 0.05) is 12.3 Å². The molecule has 0 aromatic carbocycles. The third-order valence-corrected chi connectivity index (χ3v) is 4.69. The van der Waals surface area contributed by atoms with Crippen LogP contribution >= 0.6 is 0 Å². The molecule has 10 heteroatoms. The van der Waals surface area contributed by atoms with Gasteiger partial charge in [0.25, 0.3) is 0 Å². The number of aromatic nitrogens is 3. The van der Waals surface area contributed by atoms with Crippen LogP contribution in [0, 0.1) is 0 Å². The number of ether oxygens (including phenoxy) is 4. The molecule has 0 spiro atoms. The van der Waals surface area contributed by atoms with Crippen molar-refractivity contribution in [3.63, 3.8) is 0 Å². The summed E-state index contributed by atoms with van der Waals surface area (Å²) in [5.74, 6) is -1.05. The molecule has 0 unspecified atom stereocenters. The van der Waals surface area contributed by atoms with E-state index in [-0.39, 0.29) is 12.0 Å². The van der Waals surface area contributed by atoms with Crippen molar-refractivity contribution in [1.29, 1.82) is 0 Å². The molecule has 152 valence electrons. The van der Waals surface area contributed by atoms with E-state index in [0.29, 0.717) is 5.69 Å². The Hall–Kier alpha value is -2.17. The first kappa shape index (κ1) is 19.2. The van der Waals surface area contributed by atoms with Gasteiger partial charge in [-0.2, -0.15) is 18.3 Å². The maximum atomic E-state index is 13.0. The Kier molecular flexibility index (Phi) is 4.59. The molecule has 4 heterocycles. The molecule has 0 radical (unpaired) electrons. The highest BCUT2D eigenvalue weighted by Gasteiger charge is 2.56. The smallest absolute Gasteiger partial charge is 0.433 e. The van der Waals surface area contributed by atoms with E-state index in [9.17, 15) is 13.2 Å². The standard InChI is InChI=1S/C18H20F3N3O4/c1-9-13-16(28-17(2,3)27-13)15(14(25-9)10-7-8-22-24-10)26-12-6-4-5-11(23-12)18(19,20)21/h4-9,13-16H,1-3H3,(H,22,24)/t9-,13+,14-,15+,16+/m1/s1. The zero-order chi connectivity index (χ0) is 20.1. The minimum atomic E-state index is -4.57. The van der Waals surface area contributed by atoms with E-state index >= 15 is 0 Å². The van der Waals surface area contributed by atoms with E-state index in [1.54, 1.807) is 26.1 Å². The summed E-state index contributed by atoms with van der Waals surface area (Å²) in [4.78, 5) is 3.60. The number of nitrogens with zero attached hydrogens (tertiary/aromatic N) is 2. The molecule has 5 atom stereocenters. The molecule has 2 saturated heterocycles. The third kappa shape index (κ3) is 3.59. The molecule has 4 rings (SSSR count). The van der Waals surface area contributed by atoms with Crippen LogP contribution in [0.3, 0.4) is 0 Å². The Morgan fingerprint density at radius 1 is 1.14 bits per heavy atom. The fourth-order valence-corrected chi connectivity index (χ4v) is 3.57. The van der Waals surface area contributed by atoms with Crippen LogP contribution in [0.2, 0.25) is 0 Å². The first-order chi connectivity index (χ1) is 13.1. The van der Waals surface area contributed by atoms with Crippen molar-refractivity contribution in [2.75, 3.05) is 0 Å². The number of aromatic amines is 1. The summed E-state index contributed by atoms with van der Waals surface area (Å²) in [5, 5.41) is 6.86. The molecule has 0 bridgehead atoms. The number of fused-ring (bicyclic) bond motifs is 1. The monoisotopic (exact) mass is 399 g/mol. The lowest BCUT2D eigenvalue weighted by Gasteiger charge is -2.40. The van der Waals surface area contributed by atoms with Gasteiger partial charge in [0.2, 0.25) is 5.88 Å². The van der Waals surface area contributed by atoms with Crippen LogP contribution in [-0.2, 0) is 20.4 Å². The average Bonchev–Trinajstić information content (AvgIpc) is 3.24. The molecule has 0 aliphatic carbocycles. The Bertz CT molecular complexity index is 828. The van der Waals surface area contributed by atoms with Gasteiger partial charge in [-0.1, -0.05) is 6.07 Å². The zero-order valence-corrected chi connectivity index (χ0v) is 15.4. The Morgan fingerprint density at radius 2 is 1.89 bits per heavy atom. The second kappa shape index (κ2) is 6.71. The van der Waals surface area contributed by atoms with Gasteiger partial charge in [0.15, 0.2) is 11.9 Å². The highest BCUT2D eigenvalue weighted by Crippen LogP contribution is 2.43. The minimum absolute atomic E-state index is 0.175. The summed E-state index contributed by atoms with van der Waals surface area (Å²) < 4.78 is 62.9. The Labute approximate surface area is 159 Å². The van der Waals surface area contributed by atoms with E-state index in [1.165, 1.54) is 12.1 Å². The van der Waals surface area contributed by atoms with Crippen molar-refractivity contribution in [3.05, 3.63) is 41.9 Å². The quantitative estimate of drug-likeness (QED) is 0.854. The molecule has 1 N–H and O–H groups in total. The summed E-state index contributed by atoms with van der Waals surface area (Å²) >= 11 is 0. The molecule has 2 aromatic heterocycles. The minimum Gasteiger partial charge on any atom is -0.468 e. The van der Waals surface area contributed by atoms with Gasteiger partial charge < -0.3 is 18.9 Å². The molecule has 28 heavy (non-hydrogen) atoms. The van der Waals surface area contributed by atoms with Crippen LogP contribution in [-0.4, -0.2) is 45.4 Å². The van der Waals surface area contributed by atoms with Crippen molar-refractivity contribution >= 4 is 0 Å². The van der Waals surface area contributed by atoms with Gasteiger partial charge in [-0.15, -0.1) is 0 Å². The number of nitrogens with one attached hydrogen (secondary N) is 1. The number of alkyl halides is 3. The number of rotatable bonds is 3. The summed E-state index contributed by atoms with van der Waals surface area (Å²) in [7, 11) is 0. The highest BCUT2D eigenvalue weighted by atomic mass is 19.4. The van der Waals surface area contributed by atoms with Gasteiger partial charge in [-0.05, 0) is 32.9 Å². The van der Waals surface area contributed by atoms with Crippen molar-refractivity contribution < 1.29 is 32.1 Å². The SMILES string of the molecule is C[C@H]1O[C@H](c2cc[nH]n2)[C@H](Oc2cccc(C(F)(F)F)n2)[C@H]2OC(C)(C)O[C@H]21. The first-order valence-corrected chi connectivity index (χ1v) is 8.86. The molecule has 2 aromatic rings. The second-order valence-electron chi connectivity index (χ2n) is 7.27. The lowest BCUT2D eigenvalue weighted by atomic mass is 9.94. The fraction of sp³-hybridized carbons (Fsp3) is 0.556. The van der Waals surface area contributed by atoms with E-state index in [4.69, 9.17) is 18.9 Å². The summed E-state index contributed by atoms with van der Waals surface area (Å²) in [5.41, 5.74) is -0.484. The maximum Gasteiger partial charge on any atom is 0.433 e. The fourth-order valence-electron chi connectivity index (χ4n) is 3.57. The lowest BCUT2D eigenvalue weighted by molar-refractivity contribution is -0.178. The lowest BCUT2D eigenvalue weighted by Crippen LogP contribution is -2.54. The predicted octanol–water partition coefficient (Wildman–Crippen LogP) is 3.25. The first-order valence-electron chi connectivity index (χ1n) is 8.86. The van der Waals surface area contributed by atoms with Crippen molar-refractivity contribution in [2.24, 2.45) is 0 Å². The summed E-state index contributed by atoms with van der Waals surface area (Å²) in [6.07, 6.45) is -5.76. The number of hydrogen-bond acceptors (Lipinski definition) is 6. The highest BCUT2D eigenvalue weighted by molar-refractivity contribution is 5.20. The molecule has 2 aliphatic heterocycles. The van der Waals surface area contributed by atoms with Crippen LogP contribution in [0.15, 0.2) is 30.5 Å². The second-order valence-corrected chi connectivity index (χ2v) is 7.27.